The van der Waals surface area contributed by atoms with E-state index < -0.39 is 9.84 Å². The Bertz CT molecular complexity index is 741. The number of nitrogen functional groups attached to an aromatic ring is 1. The quantitative estimate of drug-likeness (QED) is 0.848. The van der Waals surface area contributed by atoms with E-state index in [1.54, 1.807) is 16.9 Å². The molecule has 106 valence electrons. The van der Waals surface area contributed by atoms with Gasteiger partial charge in [0.15, 0.2) is 9.84 Å². The molecule has 7 nitrogen and oxygen atoms in total. The van der Waals surface area contributed by atoms with Gasteiger partial charge in [0.1, 0.15) is 20.8 Å². The summed E-state index contributed by atoms with van der Waals surface area (Å²) in [5.41, 5.74) is 5.73. The second kappa shape index (κ2) is 5.52. The molecule has 0 aromatic carbocycles. The van der Waals surface area contributed by atoms with Gasteiger partial charge >= 0.3 is 0 Å². The lowest BCUT2D eigenvalue weighted by molar-refractivity contribution is 0.602. The largest absolute Gasteiger partial charge is 0.396 e. The van der Waals surface area contributed by atoms with Gasteiger partial charge in [-0.15, -0.1) is 11.3 Å². The van der Waals surface area contributed by atoms with Crippen molar-refractivity contribution in [3.63, 3.8) is 0 Å². The monoisotopic (exact) mass is 311 g/mol. The molecule has 2 rings (SSSR count). The third-order valence-corrected chi connectivity index (χ3v) is 4.92. The third kappa shape index (κ3) is 2.92. The van der Waals surface area contributed by atoms with Crippen LogP contribution in [-0.4, -0.2) is 31.0 Å². The summed E-state index contributed by atoms with van der Waals surface area (Å²) in [6.07, 6.45) is 4.55. The Morgan fingerprint density at radius 3 is 2.90 bits per heavy atom. The predicted molar refractivity (Wildman–Crippen MR) is 77.3 cm³/mol. The van der Waals surface area contributed by atoms with Gasteiger partial charge < -0.3 is 11.1 Å². The Balaban J connectivity index is 2.21. The summed E-state index contributed by atoms with van der Waals surface area (Å²) in [6, 6.07) is 3.71. The molecule has 20 heavy (non-hydrogen) atoms. The Labute approximate surface area is 120 Å². The smallest absolute Gasteiger partial charge is 0.180 e. The van der Waals surface area contributed by atoms with Crippen LogP contribution in [0.15, 0.2) is 23.4 Å². The molecule has 0 amide bonds. The zero-order valence-corrected chi connectivity index (χ0v) is 12.3. The van der Waals surface area contributed by atoms with Gasteiger partial charge in [0.25, 0.3) is 0 Å². The summed E-state index contributed by atoms with van der Waals surface area (Å²) in [5, 5.41) is 16.4. The molecule has 0 unspecified atom stereocenters. The van der Waals surface area contributed by atoms with Crippen molar-refractivity contribution in [2.75, 3.05) is 23.9 Å². The molecule has 0 saturated heterocycles. The lowest BCUT2D eigenvalue weighted by Crippen LogP contribution is -2.12. The van der Waals surface area contributed by atoms with Gasteiger partial charge in [0.05, 0.1) is 12.2 Å². The fourth-order valence-corrected chi connectivity index (χ4v) is 4.11. The average Bonchev–Trinajstić information content (AvgIpc) is 2.96. The SMILES string of the molecule is CS(=O)(=O)c1c(NCCn2cccn2)sc(C#N)c1N. The first kappa shape index (κ1) is 14.4. The lowest BCUT2D eigenvalue weighted by Gasteiger charge is -2.06. The van der Waals surface area contributed by atoms with Crippen LogP contribution in [0.1, 0.15) is 4.88 Å². The molecule has 2 heterocycles. The van der Waals surface area contributed by atoms with Crippen LogP contribution in [0, 0.1) is 11.3 Å². The average molecular weight is 311 g/mol. The van der Waals surface area contributed by atoms with Gasteiger partial charge in [-0.25, -0.2) is 8.42 Å². The molecule has 0 bridgehead atoms. The van der Waals surface area contributed by atoms with Gasteiger partial charge in [-0.05, 0) is 6.07 Å². The first-order chi connectivity index (χ1) is 9.43. The van der Waals surface area contributed by atoms with Crippen LogP contribution in [0.5, 0.6) is 0 Å². The standard InChI is InChI=1S/C11H13N5O2S2/c1-20(17,18)10-9(13)8(7-12)19-11(10)14-4-6-16-5-2-3-15-16/h2-3,5,14H,4,6,13H2,1H3. The Kier molecular flexibility index (Phi) is 3.96. The van der Waals surface area contributed by atoms with E-state index in [2.05, 4.69) is 10.4 Å². The van der Waals surface area contributed by atoms with Crippen LogP contribution in [0.3, 0.4) is 0 Å². The molecule has 2 aromatic heterocycles. The summed E-state index contributed by atoms with van der Waals surface area (Å²) >= 11 is 1.04. The van der Waals surface area contributed by atoms with Crippen molar-refractivity contribution in [1.29, 1.82) is 5.26 Å². The second-order valence-corrected chi connectivity index (χ2v) is 7.06. The molecule has 0 radical (unpaired) electrons. The van der Waals surface area contributed by atoms with E-state index in [0.29, 0.717) is 18.1 Å². The van der Waals surface area contributed by atoms with Crippen LogP contribution in [-0.2, 0) is 16.4 Å². The highest BCUT2D eigenvalue weighted by molar-refractivity contribution is 7.91. The lowest BCUT2D eigenvalue weighted by atomic mass is 10.4. The summed E-state index contributed by atoms with van der Waals surface area (Å²) in [7, 11) is -3.49. The van der Waals surface area contributed by atoms with Gasteiger partial charge in [-0.2, -0.15) is 10.4 Å². The van der Waals surface area contributed by atoms with E-state index in [1.165, 1.54) is 0 Å². The maximum Gasteiger partial charge on any atom is 0.180 e. The normalized spacial score (nSPS) is 11.2. The fraction of sp³-hybridized carbons (Fsp3) is 0.273. The molecule has 0 saturated carbocycles. The second-order valence-electron chi connectivity index (χ2n) is 4.08. The number of anilines is 2. The first-order valence-electron chi connectivity index (χ1n) is 5.67. The van der Waals surface area contributed by atoms with Crippen molar-refractivity contribution >= 4 is 31.9 Å². The molecule has 0 spiro atoms. The number of nitrogens with two attached hydrogens (primary N) is 1. The summed E-state index contributed by atoms with van der Waals surface area (Å²) in [4.78, 5) is 0.200. The van der Waals surface area contributed by atoms with Crippen molar-refractivity contribution in [2.45, 2.75) is 11.4 Å². The van der Waals surface area contributed by atoms with Crippen molar-refractivity contribution in [1.82, 2.24) is 9.78 Å². The number of thiophene rings is 1. The number of rotatable bonds is 5. The van der Waals surface area contributed by atoms with Gasteiger partial charge in [-0.3, -0.25) is 4.68 Å². The van der Waals surface area contributed by atoms with E-state index in [1.807, 2.05) is 12.3 Å². The maximum atomic E-state index is 11.8. The fourth-order valence-electron chi connectivity index (χ4n) is 1.71. The number of nitrogens with one attached hydrogen (secondary N) is 1. The summed E-state index contributed by atoms with van der Waals surface area (Å²) in [5.74, 6) is 0. The van der Waals surface area contributed by atoms with Crippen LogP contribution in [0.2, 0.25) is 0 Å². The molecule has 0 fully saturated rings. The first-order valence-corrected chi connectivity index (χ1v) is 8.38. The molecule has 0 atom stereocenters. The number of nitriles is 1. The van der Waals surface area contributed by atoms with Crippen molar-refractivity contribution < 1.29 is 8.42 Å². The Hall–Kier alpha value is -2.05. The van der Waals surface area contributed by atoms with Crippen molar-refractivity contribution in [2.24, 2.45) is 0 Å². The van der Waals surface area contributed by atoms with Gasteiger partial charge in [-0.1, -0.05) is 0 Å². The number of hydrogen-bond acceptors (Lipinski definition) is 7. The van der Waals surface area contributed by atoms with E-state index >= 15 is 0 Å². The minimum Gasteiger partial charge on any atom is -0.396 e. The minimum absolute atomic E-state index is 0.000449. The van der Waals surface area contributed by atoms with Gasteiger partial charge in [0, 0.05) is 25.2 Å². The highest BCUT2D eigenvalue weighted by atomic mass is 32.2. The molecule has 0 aliphatic heterocycles. The van der Waals surface area contributed by atoms with Gasteiger partial charge in [0.2, 0.25) is 0 Å². The number of sulfone groups is 1. The van der Waals surface area contributed by atoms with Crippen LogP contribution < -0.4 is 11.1 Å². The number of nitrogens with zero attached hydrogens (tertiary/aromatic N) is 3. The molecule has 3 N–H and O–H groups in total. The minimum atomic E-state index is -3.49. The molecular formula is C11H13N5O2S2. The highest BCUT2D eigenvalue weighted by Gasteiger charge is 2.23. The zero-order valence-electron chi connectivity index (χ0n) is 10.7. The van der Waals surface area contributed by atoms with E-state index in [9.17, 15) is 8.42 Å². The number of aromatic nitrogens is 2. The molecule has 0 aliphatic carbocycles. The molecular weight excluding hydrogens is 298 g/mol. The third-order valence-electron chi connectivity index (χ3n) is 2.56. The predicted octanol–water partition coefficient (Wildman–Crippen LogP) is 0.914. The van der Waals surface area contributed by atoms with E-state index in [0.717, 1.165) is 17.6 Å². The topological polar surface area (TPSA) is 114 Å². The van der Waals surface area contributed by atoms with Crippen LogP contribution in [0.25, 0.3) is 0 Å². The van der Waals surface area contributed by atoms with Crippen LogP contribution in [0.4, 0.5) is 10.7 Å². The Morgan fingerprint density at radius 1 is 1.60 bits per heavy atom. The van der Waals surface area contributed by atoms with Crippen molar-refractivity contribution in [3.8, 4) is 6.07 Å². The van der Waals surface area contributed by atoms with Crippen molar-refractivity contribution in [3.05, 3.63) is 23.3 Å². The highest BCUT2D eigenvalue weighted by Crippen LogP contribution is 2.38. The summed E-state index contributed by atoms with van der Waals surface area (Å²) < 4.78 is 25.2. The zero-order chi connectivity index (χ0) is 14.8. The maximum absolute atomic E-state index is 11.8. The molecule has 2 aromatic rings. The number of hydrogen-bond donors (Lipinski definition) is 2. The Morgan fingerprint density at radius 2 is 2.35 bits per heavy atom. The molecule has 0 aliphatic rings. The summed E-state index contributed by atoms with van der Waals surface area (Å²) in [6.45, 7) is 1.06. The van der Waals surface area contributed by atoms with E-state index in [-0.39, 0.29) is 15.5 Å². The molecule has 9 heteroatoms. The van der Waals surface area contributed by atoms with E-state index in [4.69, 9.17) is 11.0 Å². The van der Waals surface area contributed by atoms with Crippen LogP contribution >= 0.6 is 11.3 Å².